The van der Waals surface area contributed by atoms with Gasteiger partial charge in [0, 0.05) is 29.1 Å². The minimum Gasteiger partial charge on any atom is -0.453 e. The number of benzene rings is 1. The first kappa shape index (κ1) is 19.3. The molecule has 1 aromatic carbocycles. The molecule has 0 atom stereocenters. The van der Waals surface area contributed by atoms with Crippen LogP contribution in [0.15, 0.2) is 24.3 Å². The van der Waals surface area contributed by atoms with E-state index in [2.05, 4.69) is 5.32 Å². The zero-order chi connectivity index (χ0) is 20.4. The lowest BCUT2D eigenvalue weighted by atomic mass is 10.0. The monoisotopic (exact) mass is 404 g/mol. The number of nitro groups is 1. The smallest absolute Gasteiger partial charge is 0.409 e. The van der Waals surface area contributed by atoms with E-state index in [1.807, 2.05) is 0 Å². The van der Waals surface area contributed by atoms with Crippen LogP contribution in [0.5, 0.6) is 0 Å². The quantitative estimate of drug-likeness (QED) is 0.590. The number of rotatable bonds is 4. The van der Waals surface area contributed by atoms with Crippen LogP contribution >= 0.6 is 11.3 Å². The van der Waals surface area contributed by atoms with Gasteiger partial charge in [0.25, 0.3) is 17.5 Å². The van der Waals surface area contributed by atoms with Crippen LogP contribution in [-0.4, -0.2) is 41.4 Å². The van der Waals surface area contributed by atoms with Gasteiger partial charge in [-0.3, -0.25) is 19.7 Å². The average molecular weight is 404 g/mol. The number of thiophene rings is 1. The molecular weight excluding hydrogens is 388 g/mol. The Balaban J connectivity index is 1.87. The predicted molar refractivity (Wildman–Crippen MR) is 100 cm³/mol. The third-order valence-electron chi connectivity index (χ3n) is 4.30. The minimum atomic E-state index is -0.678. The van der Waals surface area contributed by atoms with Gasteiger partial charge in [-0.1, -0.05) is 0 Å². The standard InChI is InChI=1S/C17H16N4O6S/c1-27-17(24)20-7-6-11-12(8-20)28-16(13(11)14(18)22)19-15(23)9-2-4-10(5-3-9)21(25)26/h2-5H,6-8H2,1H3,(H2,18,22)(H,19,23). The Morgan fingerprint density at radius 2 is 1.96 bits per heavy atom. The van der Waals surface area contributed by atoms with Crippen LogP contribution < -0.4 is 11.1 Å². The zero-order valence-corrected chi connectivity index (χ0v) is 15.6. The van der Waals surface area contributed by atoms with Gasteiger partial charge < -0.3 is 20.7 Å². The van der Waals surface area contributed by atoms with Crippen molar-refractivity contribution in [1.82, 2.24) is 4.90 Å². The number of amides is 3. The highest BCUT2D eigenvalue weighted by Crippen LogP contribution is 2.37. The number of nitrogens with zero attached hydrogens (tertiary/aromatic N) is 2. The second-order valence-electron chi connectivity index (χ2n) is 5.97. The number of carbonyl (C=O) groups excluding carboxylic acids is 3. The molecule has 3 N–H and O–H groups in total. The summed E-state index contributed by atoms with van der Waals surface area (Å²) in [5.41, 5.74) is 6.50. The largest absolute Gasteiger partial charge is 0.453 e. The molecule has 2 aromatic rings. The molecule has 2 heterocycles. The number of nitro benzene ring substituents is 1. The molecule has 0 saturated carbocycles. The van der Waals surface area contributed by atoms with Crippen LogP contribution in [0.1, 0.15) is 31.2 Å². The number of fused-ring (bicyclic) bond motifs is 1. The number of hydrogen-bond donors (Lipinski definition) is 2. The molecule has 0 saturated heterocycles. The van der Waals surface area contributed by atoms with E-state index in [9.17, 15) is 24.5 Å². The number of anilines is 1. The van der Waals surface area contributed by atoms with E-state index in [1.54, 1.807) is 0 Å². The molecule has 1 aliphatic rings. The Morgan fingerprint density at radius 3 is 2.54 bits per heavy atom. The maximum Gasteiger partial charge on any atom is 0.409 e. The van der Waals surface area contributed by atoms with Crippen molar-refractivity contribution >= 4 is 39.9 Å². The van der Waals surface area contributed by atoms with Gasteiger partial charge in [0.05, 0.1) is 24.1 Å². The molecular formula is C17H16N4O6S. The van der Waals surface area contributed by atoms with Crippen molar-refractivity contribution in [2.24, 2.45) is 5.73 Å². The third kappa shape index (κ3) is 3.64. The van der Waals surface area contributed by atoms with Gasteiger partial charge >= 0.3 is 6.09 Å². The van der Waals surface area contributed by atoms with Crippen molar-refractivity contribution in [1.29, 1.82) is 0 Å². The van der Waals surface area contributed by atoms with E-state index in [0.717, 1.165) is 16.2 Å². The predicted octanol–water partition coefficient (Wildman–Crippen LogP) is 2.13. The van der Waals surface area contributed by atoms with Crippen molar-refractivity contribution in [3.05, 3.63) is 55.9 Å². The molecule has 0 aliphatic carbocycles. The number of hydrogen-bond acceptors (Lipinski definition) is 7. The fraction of sp³-hybridized carbons (Fsp3) is 0.235. The van der Waals surface area contributed by atoms with E-state index >= 15 is 0 Å². The molecule has 1 aromatic heterocycles. The van der Waals surface area contributed by atoms with Gasteiger partial charge in [0.1, 0.15) is 5.00 Å². The molecule has 1 aliphatic heterocycles. The summed E-state index contributed by atoms with van der Waals surface area (Å²) in [5.74, 6) is -1.20. The van der Waals surface area contributed by atoms with Crippen molar-refractivity contribution in [3.8, 4) is 0 Å². The van der Waals surface area contributed by atoms with Crippen LogP contribution in [0.2, 0.25) is 0 Å². The normalized spacial score (nSPS) is 12.8. The highest BCUT2D eigenvalue weighted by molar-refractivity contribution is 7.17. The summed E-state index contributed by atoms with van der Waals surface area (Å²) in [7, 11) is 1.29. The van der Waals surface area contributed by atoms with Crippen LogP contribution in [0.3, 0.4) is 0 Å². The number of nitrogens with two attached hydrogens (primary N) is 1. The van der Waals surface area contributed by atoms with Gasteiger partial charge in [0.15, 0.2) is 0 Å². The maximum atomic E-state index is 12.5. The number of ether oxygens (including phenoxy) is 1. The van der Waals surface area contributed by atoms with Gasteiger partial charge in [-0.25, -0.2) is 4.79 Å². The molecule has 0 fully saturated rings. The van der Waals surface area contributed by atoms with E-state index in [4.69, 9.17) is 10.5 Å². The van der Waals surface area contributed by atoms with Crippen molar-refractivity contribution < 1.29 is 24.0 Å². The van der Waals surface area contributed by atoms with Gasteiger partial charge in [-0.15, -0.1) is 11.3 Å². The van der Waals surface area contributed by atoms with Crippen molar-refractivity contribution in [2.75, 3.05) is 19.0 Å². The van der Waals surface area contributed by atoms with Crippen LogP contribution in [0.25, 0.3) is 0 Å². The SMILES string of the molecule is COC(=O)N1CCc2c(sc(NC(=O)c3ccc([N+](=O)[O-])cc3)c2C(N)=O)C1. The first-order chi connectivity index (χ1) is 13.3. The molecule has 0 radical (unpaired) electrons. The topological polar surface area (TPSA) is 145 Å². The molecule has 0 spiro atoms. The molecule has 3 amide bonds. The highest BCUT2D eigenvalue weighted by atomic mass is 32.1. The summed E-state index contributed by atoms with van der Waals surface area (Å²) < 4.78 is 4.72. The Labute approximate surface area is 163 Å². The summed E-state index contributed by atoms with van der Waals surface area (Å²) in [6, 6.07) is 5.09. The average Bonchev–Trinajstić information content (AvgIpc) is 3.04. The maximum absolute atomic E-state index is 12.5. The van der Waals surface area contributed by atoms with E-state index < -0.39 is 22.8 Å². The molecule has 0 bridgehead atoms. The Morgan fingerprint density at radius 1 is 1.29 bits per heavy atom. The number of primary amides is 1. The first-order valence-corrected chi connectivity index (χ1v) is 8.96. The number of methoxy groups -OCH3 is 1. The summed E-state index contributed by atoms with van der Waals surface area (Å²) in [6.07, 6.45) is -0.0665. The zero-order valence-electron chi connectivity index (χ0n) is 14.8. The third-order valence-corrected chi connectivity index (χ3v) is 5.44. The minimum absolute atomic E-state index is 0.135. The van der Waals surface area contributed by atoms with Gasteiger partial charge in [0.2, 0.25) is 0 Å². The summed E-state index contributed by atoms with van der Waals surface area (Å²) in [5, 5.41) is 13.7. The van der Waals surface area contributed by atoms with Crippen LogP contribution in [0, 0.1) is 10.1 Å². The highest BCUT2D eigenvalue weighted by Gasteiger charge is 2.30. The van der Waals surface area contributed by atoms with E-state index in [1.165, 1.54) is 36.3 Å². The van der Waals surface area contributed by atoms with Crippen molar-refractivity contribution in [2.45, 2.75) is 13.0 Å². The van der Waals surface area contributed by atoms with E-state index in [0.29, 0.717) is 18.5 Å². The second-order valence-corrected chi connectivity index (χ2v) is 7.08. The number of nitrogens with one attached hydrogen (secondary N) is 1. The van der Waals surface area contributed by atoms with Gasteiger partial charge in [-0.05, 0) is 24.1 Å². The summed E-state index contributed by atoms with van der Waals surface area (Å²) in [4.78, 5) is 48.6. The Bertz CT molecular complexity index is 969. The lowest BCUT2D eigenvalue weighted by molar-refractivity contribution is -0.384. The van der Waals surface area contributed by atoms with Crippen LogP contribution in [0.4, 0.5) is 15.5 Å². The second kappa shape index (κ2) is 7.64. The Hall–Kier alpha value is -3.47. The molecule has 0 unspecified atom stereocenters. The number of non-ortho nitro benzene ring substituents is 1. The fourth-order valence-corrected chi connectivity index (χ4v) is 4.21. The van der Waals surface area contributed by atoms with Crippen LogP contribution in [-0.2, 0) is 17.7 Å². The number of carbonyl (C=O) groups is 3. The molecule has 3 rings (SSSR count). The summed E-state index contributed by atoms with van der Waals surface area (Å²) >= 11 is 1.16. The summed E-state index contributed by atoms with van der Waals surface area (Å²) in [6.45, 7) is 0.618. The lowest BCUT2D eigenvalue weighted by Crippen LogP contribution is -2.35. The fourth-order valence-electron chi connectivity index (χ4n) is 2.95. The Kier molecular flexibility index (Phi) is 5.27. The van der Waals surface area contributed by atoms with Gasteiger partial charge in [-0.2, -0.15) is 0 Å². The molecule has 11 heteroatoms. The lowest BCUT2D eigenvalue weighted by Gasteiger charge is -2.25. The molecule has 28 heavy (non-hydrogen) atoms. The first-order valence-electron chi connectivity index (χ1n) is 8.14. The van der Waals surface area contributed by atoms with Crippen molar-refractivity contribution in [3.63, 3.8) is 0 Å². The molecule has 10 nitrogen and oxygen atoms in total. The van der Waals surface area contributed by atoms with E-state index in [-0.39, 0.29) is 28.4 Å². The molecule has 146 valence electrons.